The fraction of sp³-hybridized carbons (Fsp3) is 0.529. The van der Waals surface area contributed by atoms with Gasteiger partial charge in [-0.05, 0) is 38.3 Å². The third-order valence-electron chi connectivity index (χ3n) is 5.12. The summed E-state index contributed by atoms with van der Waals surface area (Å²) in [6.07, 6.45) is 2.15. The fourth-order valence-corrected chi connectivity index (χ4v) is 3.75. The molecule has 2 fully saturated rings. The van der Waals surface area contributed by atoms with Crippen LogP contribution in [0.3, 0.4) is 0 Å². The van der Waals surface area contributed by atoms with Gasteiger partial charge in [0.15, 0.2) is 0 Å². The number of hydrogen-bond acceptors (Lipinski definition) is 4. The zero-order valence-electron chi connectivity index (χ0n) is 13.2. The van der Waals surface area contributed by atoms with Crippen molar-refractivity contribution in [1.82, 2.24) is 10.2 Å². The lowest BCUT2D eigenvalue weighted by Crippen LogP contribution is -2.62. The number of fused-ring (bicyclic) bond motifs is 2. The van der Waals surface area contributed by atoms with Crippen molar-refractivity contribution in [3.8, 4) is 0 Å². The number of benzene rings is 1. The summed E-state index contributed by atoms with van der Waals surface area (Å²) in [5, 5.41) is 12.3. The lowest BCUT2D eigenvalue weighted by molar-refractivity contribution is -0.148. The quantitative estimate of drug-likeness (QED) is 0.887. The Bertz CT molecular complexity index is 576. The molecule has 23 heavy (non-hydrogen) atoms. The van der Waals surface area contributed by atoms with Gasteiger partial charge in [0.2, 0.25) is 0 Å². The lowest BCUT2D eigenvalue weighted by atomic mass is 9.83. The Morgan fingerprint density at radius 1 is 1.26 bits per heavy atom. The number of aliphatic carboxylic acids is 1. The van der Waals surface area contributed by atoms with E-state index in [2.05, 4.69) is 10.2 Å². The number of rotatable bonds is 4. The molecular weight excluding hydrogens is 296 g/mol. The first kappa shape index (κ1) is 15.8. The molecule has 1 aromatic carbocycles. The molecule has 0 aromatic heterocycles. The molecule has 0 saturated carbocycles. The number of piperidine rings is 1. The smallest absolute Gasteiger partial charge is 0.408 e. The number of ether oxygens (including phenoxy) is 1. The standard InChI is InChI=1S/C17H22N2O4/c1-19-13-7-8-14(19)10-17(9-13,15(20)21)18-16(22)23-11-12-5-3-2-4-6-12/h2-6,13-14H,7-11H2,1H3,(H,18,22)(H,20,21). The van der Waals surface area contributed by atoms with Crippen molar-refractivity contribution < 1.29 is 19.4 Å². The van der Waals surface area contributed by atoms with Crippen molar-refractivity contribution in [3.63, 3.8) is 0 Å². The van der Waals surface area contributed by atoms with Gasteiger partial charge < -0.3 is 20.1 Å². The molecule has 2 N–H and O–H groups in total. The van der Waals surface area contributed by atoms with Gasteiger partial charge in [0.05, 0.1) is 0 Å². The molecule has 6 nitrogen and oxygen atoms in total. The first-order chi connectivity index (χ1) is 11.0. The Morgan fingerprint density at radius 2 is 1.87 bits per heavy atom. The topological polar surface area (TPSA) is 78.9 Å². The average molecular weight is 318 g/mol. The van der Waals surface area contributed by atoms with Crippen molar-refractivity contribution in [2.45, 2.75) is 49.9 Å². The summed E-state index contributed by atoms with van der Waals surface area (Å²) < 4.78 is 5.20. The van der Waals surface area contributed by atoms with Crippen LogP contribution in [0.4, 0.5) is 4.79 Å². The Morgan fingerprint density at radius 3 is 2.43 bits per heavy atom. The molecule has 1 aromatic rings. The van der Waals surface area contributed by atoms with Crippen molar-refractivity contribution in [2.24, 2.45) is 0 Å². The second-order valence-electron chi connectivity index (χ2n) is 6.53. The summed E-state index contributed by atoms with van der Waals surface area (Å²) in [7, 11) is 2.03. The zero-order valence-corrected chi connectivity index (χ0v) is 13.2. The van der Waals surface area contributed by atoms with E-state index in [9.17, 15) is 14.7 Å². The molecule has 2 heterocycles. The van der Waals surface area contributed by atoms with Gasteiger partial charge in [-0.15, -0.1) is 0 Å². The predicted octanol–water partition coefficient (Wildman–Crippen LogP) is 1.99. The highest BCUT2D eigenvalue weighted by Crippen LogP contribution is 2.40. The molecule has 2 bridgehead atoms. The van der Waals surface area contributed by atoms with E-state index in [-0.39, 0.29) is 18.7 Å². The fourth-order valence-electron chi connectivity index (χ4n) is 3.75. The molecule has 6 heteroatoms. The van der Waals surface area contributed by atoms with E-state index in [1.165, 1.54) is 0 Å². The second kappa shape index (κ2) is 6.20. The number of carbonyl (C=O) groups is 2. The number of nitrogens with one attached hydrogen (secondary N) is 1. The van der Waals surface area contributed by atoms with Gasteiger partial charge in [0.1, 0.15) is 12.1 Å². The highest BCUT2D eigenvalue weighted by Gasteiger charge is 2.52. The van der Waals surface area contributed by atoms with Crippen molar-refractivity contribution in [1.29, 1.82) is 0 Å². The van der Waals surface area contributed by atoms with E-state index < -0.39 is 17.6 Å². The Labute approximate surface area is 135 Å². The lowest BCUT2D eigenvalue weighted by Gasteiger charge is -2.42. The number of carboxylic acids is 1. The van der Waals surface area contributed by atoms with Crippen LogP contribution in [0.2, 0.25) is 0 Å². The minimum Gasteiger partial charge on any atom is -0.480 e. The average Bonchev–Trinajstić information content (AvgIpc) is 2.75. The third kappa shape index (κ3) is 3.17. The first-order valence-corrected chi connectivity index (χ1v) is 7.94. The number of nitrogens with zero attached hydrogens (tertiary/aromatic N) is 1. The maximum Gasteiger partial charge on any atom is 0.408 e. The normalized spacial score (nSPS) is 30.0. The van der Waals surface area contributed by atoms with Crippen LogP contribution < -0.4 is 5.32 Å². The minimum atomic E-state index is -1.22. The first-order valence-electron chi connectivity index (χ1n) is 7.94. The van der Waals surface area contributed by atoms with Gasteiger partial charge in [-0.25, -0.2) is 9.59 Å². The molecule has 2 aliphatic heterocycles. The SMILES string of the molecule is CN1C2CCC1CC(NC(=O)OCc1ccccc1)(C(=O)O)C2. The summed E-state index contributed by atoms with van der Waals surface area (Å²) in [6, 6.07) is 9.75. The molecule has 1 amide bonds. The van der Waals surface area contributed by atoms with Crippen molar-refractivity contribution >= 4 is 12.1 Å². The molecule has 0 radical (unpaired) electrons. The highest BCUT2D eigenvalue weighted by molar-refractivity contribution is 5.84. The number of alkyl carbamates (subject to hydrolysis) is 1. The second-order valence-corrected chi connectivity index (χ2v) is 6.53. The third-order valence-corrected chi connectivity index (χ3v) is 5.12. The zero-order chi connectivity index (χ0) is 16.4. The van der Waals surface area contributed by atoms with E-state index in [4.69, 9.17) is 4.74 Å². The molecule has 2 unspecified atom stereocenters. The van der Waals surface area contributed by atoms with E-state index in [0.29, 0.717) is 12.8 Å². The summed E-state index contributed by atoms with van der Waals surface area (Å²) in [5.41, 5.74) is -0.345. The number of amides is 1. The predicted molar refractivity (Wildman–Crippen MR) is 83.9 cm³/mol. The van der Waals surface area contributed by atoms with E-state index in [0.717, 1.165) is 18.4 Å². The van der Waals surface area contributed by atoms with Gasteiger partial charge in [-0.1, -0.05) is 30.3 Å². The van der Waals surface area contributed by atoms with Gasteiger partial charge in [0.25, 0.3) is 0 Å². The largest absolute Gasteiger partial charge is 0.480 e. The molecule has 124 valence electrons. The summed E-state index contributed by atoms with van der Waals surface area (Å²) >= 11 is 0. The van der Waals surface area contributed by atoms with Crippen LogP contribution in [0, 0.1) is 0 Å². The number of carbonyl (C=O) groups excluding carboxylic acids is 1. The van der Waals surface area contributed by atoms with Crippen molar-refractivity contribution in [3.05, 3.63) is 35.9 Å². The highest BCUT2D eigenvalue weighted by atomic mass is 16.5. The van der Waals surface area contributed by atoms with E-state index >= 15 is 0 Å². The maximum absolute atomic E-state index is 12.1. The molecule has 0 spiro atoms. The molecule has 2 atom stereocenters. The van der Waals surface area contributed by atoms with E-state index in [1.807, 2.05) is 37.4 Å². The van der Waals surface area contributed by atoms with Gasteiger partial charge >= 0.3 is 12.1 Å². The van der Waals surface area contributed by atoms with E-state index in [1.54, 1.807) is 0 Å². The van der Waals surface area contributed by atoms with Gasteiger partial charge in [0, 0.05) is 12.1 Å². The monoisotopic (exact) mass is 318 g/mol. The van der Waals surface area contributed by atoms with Crippen LogP contribution in [0.25, 0.3) is 0 Å². The van der Waals surface area contributed by atoms with Crippen LogP contribution in [0.5, 0.6) is 0 Å². The number of hydrogen-bond donors (Lipinski definition) is 2. The van der Waals surface area contributed by atoms with Crippen LogP contribution in [0.1, 0.15) is 31.2 Å². The molecule has 0 aliphatic carbocycles. The Hall–Kier alpha value is -2.08. The molecule has 3 rings (SSSR count). The summed E-state index contributed by atoms with van der Waals surface area (Å²) in [5.74, 6) is -0.973. The minimum absolute atomic E-state index is 0.134. The number of carboxylic acid groups (broad SMARTS) is 1. The summed E-state index contributed by atoms with van der Waals surface area (Å²) in [6.45, 7) is 0.134. The summed E-state index contributed by atoms with van der Waals surface area (Å²) in [4.78, 5) is 26.2. The Kier molecular flexibility index (Phi) is 4.26. The van der Waals surface area contributed by atoms with Crippen LogP contribution in [-0.2, 0) is 16.1 Å². The van der Waals surface area contributed by atoms with Crippen LogP contribution >= 0.6 is 0 Å². The van der Waals surface area contributed by atoms with Crippen LogP contribution in [0.15, 0.2) is 30.3 Å². The molecule has 2 saturated heterocycles. The van der Waals surface area contributed by atoms with Gasteiger partial charge in [-0.3, -0.25) is 0 Å². The van der Waals surface area contributed by atoms with Crippen LogP contribution in [-0.4, -0.2) is 46.7 Å². The maximum atomic E-state index is 12.1. The molecular formula is C17H22N2O4. The van der Waals surface area contributed by atoms with Gasteiger partial charge in [-0.2, -0.15) is 0 Å². The van der Waals surface area contributed by atoms with Crippen molar-refractivity contribution in [2.75, 3.05) is 7.05 Å². The Balaban J connectivity index is 1.64. The molecule has 2 aliphatic rings.